The molecule has 3 aromatic rings. The summed E-state index contributed by atoms with van der Waals surface area (Å²) < 4.78 is 5.44. The van der Waals surface area contributed by atoms with Gasteiger partial charge < -0.3 is 10.1 Å². The molecule has 0 fully saturated rings. The van der Waals surface area contributed by atoms with Crippen LogP contribution >= 0.6 is 0 Å². The Balaban J connectivity index is 2.36. The van der Waals surface area contributed by atoms with Crippen LogP contribution in [0.1, 0.15) is 0 Å². The zero-order chi connectivity index (χ0) is 13.2. The fourth-order valence-electron chi connectivity index (χ4n) is 2.23. The van der Waals surface area contributed by atoms with E-state index in [1.54, 1.807) is 7.05 Å². The highest BCUT2D eigenvalue weighted by atomic mass is 16.6. The summed E-state index contributed by atoms with van der Waals surface area (Å²) in [5.41, 5.74) is 0. The van der Waals surface area contributed by atoms with E-state index in [1.807, 2.05) is 48.5 Å². The first-order chi connectivity index (χ1) is 9.29. The van der Waals surface area contributed by atoms with Gasteiger partial charge in [-0.15, -0.1) is 0 Å². The molecule has 0 spiro atoms. The van der Waals surface area contributed by atoms with Gasteiger partial charge in [0, 0.05) is 17.8 Å². The van der Waals surface area contributed by atoms with Crippen molar-refractivity contribution in [3.8, 4) is 5.75 Å². The number of amides is 1. The number of fused-ring (bicyclic) bond motifs is 2. The molecule has 0 saturated carbocycles. The lowest BCUT2D eigenvalue weighted by atomic mass is 10.0. The molecular formula is C16H13NO2. The van der Waals surface area contributed by atoms with Crippen molar-refractivity contribution in [3.05, 3.63) is 54.6 Å². The van der Waals surface area contributed by atoms with Crippen molar-refractivity contribution >= 4 is 27.6 Å². The topological polar surface area (TPSA) is 38.3 Å². The third-order valence-electron chi connectivity index (χ3n) is 3.12. The fraction of sp³-hybridized carbons (Fsp3) is 0.0625. The Hall–Kier alpha value is -2.55. The van der Waals surface area contributed by atoms with Crippen molar-refractivity contribution in [1.82, 2.24) is 5.32 Å². The molecule has 94 valence electrons. The molecule has 3 rings (SSSR count). The SMILES string of the molecule is CNC(=O)Oc1c2ccccc2cc2ccccc12. The number of nitrogens with one attached hydrogen (secondary N) is 1. The van der Waals surface area contributed by atoms with Crippen LogP contribution in [0, 0.1) is 0 Å². The monoisotopic (exact) mass is 251 g/mol. The molecule has 0 radical (unpaired) electrons. The normalized spacial score (nSPS) is 10.6. The maximum atomic E-state index is 11.5. The fourth-order valence-corrected chi connectivity index (χ4v) is 2.23. The first-order valence-corrected chi connectivity index (χ1v) is 6.09. The summed E-state index contributed by atoms with van der Waals surface area (Å²) in [4.78, 5) is 11.5. The minimum atomic E-state index is -0.457. The van der Waals surface area contributed by atoms with Crippen molar-refractivity contribution in [3.63, 3.8) is 0 Å². The highest BCUT2D eigenvalue weighted by Crippen LogP contribution is 2.34. The zero-order valence-corrected chi connectivity index (χ0v) is 10.5. The molecule has 3 aromatic carbocycles. The summed E-state index contributed by atoms with van der Waals surface area (Å²) in [6.45, 7) is 0. The Morgan fingerprint density at radius 1 is 0.947 bits per heavy atom. The number of carbonyl (C=O) groups excluding carboxylic acids is 1. The van der Waals surface area contributed by atoms with Gasteiger partial charge in [0.25, 0.3) is 0 Å². The summed E-state index contributed by atoms with van der Waals surface area (Å²) >= 11 is 0. The number of ether oxygens (including phenoxy) is 1. The summed E-state index contributed by atoms with van der Waals surface area (Å²) in [5.74, 6) is 0.605. The predicted molar refractivity (Wildman–Crippen MR) is 76.5 cm³/mol. The lowest BCUT2D eigenvalue weighted by Crippen LogP contribution is -2.22. The predicted octanol–water partition coefficient (Wildman–Crippen LogP) is 3.71. The Morgan fingerprint density at radius 3 is 2.00 bits per heavy atom. The summed E-state index contributed by atoms with van der Waals surface area (Å²) in [6.07, 6.45) is -0.457. The van der Waals surface area contributed by atoms with Gasteiger partial charge in [0.15, 0.2) is 0 Å². The molecule has 0 aliphatic heterocycles. The number of rotatable bonds is 1. The van der Waals surface area contributed by atoms with Gasteiger partial charge in [0.2, 0.25) is 0 Å². The molecule has 0 saturated heterocycles. The van der Waals surface area contributed by atoms with Gasteiger partial charge in [-0.25, -0.2) is 4.79 Å². The van der Waals surface area contributed by atoms with Crippen LogP contribution in [0.25, 0.3) is 21.5 Å². The van der Waals surface area contributed by atoms with Crippen molar-refractivity contribution in [2.45, 2.75) is 0 Å². The Kier molecular flexibility index (Phi) is 2.80. The van der Waals surface area contributed by atoms with Crippen molar-refractivity contribution in [1.29, 1.82) is 0 Å². The summed E-state index contributed by atoms with van der Waals surface area (Å²) in [6, 6.07) is 17.9. The van der Waals surface area contributed by atoms with E-state index in [0.717, 1.165) is 21.5 Å². The molecule has 0 aliphatic carbocycles. The van der Waals surface area contributed by atoms with Gasteiger partial charge in [0.1, 0.15) is 5.75 Å². The van der Waals surface area contributed by atoms with Crippen LogP contribution < -0.4 is 10.1 Å². The van der Waals surface area contributed by atoms with Crippen LogP contribution in [-0.4, -0.2) is 13.1 Å². The van der Waals surface area contributed by atoms with Crippen LogP contribution in [0.3, 0.4) is 0 Å². The lowest BCUT2D eigenvalue weighted by molar-refractivity contribution is 0.204. The van der Waals surface area contributed by atoms with E-state index in [4.69, 9.17) is 4.74 Å². The second kappa shape index (κ2) is 4.61. The molecular weight excluding hydrogens is 238 g/mol. The number of carbonyl (C=O) groups is 1. The Morgan fingerprint density at radius 2 is 1.47 bits per heavy atom. The van der Waals surface area contributed by atoms with Gasteiger partial charge in [-0.2, -0.15) is 0 Å². The molecule has 0 unspecified atom stereocenters. The number of benzene rings is 3. The van der Waals surface area contributed by atoms with E-state index in [9.17, 15) is 4.79 Å². The zero-order valence-electron chi connectivity index (χ0n) is 10.5. The molecule has 19 heavy (non-hydrogen) atoms. The van der Waals surface area contributed by atoms with Gasteiger partial charge >= 0.3 is 6.09 Å². The van der Waals surface area contributed by atoms with Gasteiger partial charge in [-0.05, 0) is 16.8 Å². The number of hydrogen-bond donors (Lipinski definition) is 1. The smallest absolute Gasteiger partial charge is 0.409 e. The average Bonchev–Trinajstić information content (AvgIpc) is 2.46. The van der Waals surface area contributed by atoms with E-state index < -0.39 is 6.09 Å². The van der Waals surface area contributed by atoms with Gasteiger partial charge in [-0.3, -0.25) is 0 Å². The van der Waals surface area contributed by atoms with E-state index in [2.05, 4.69) is 11.4 Å². The maximum Gasteiger partial charge on any atom is 0.412 e. The molecule has 3 heteroatoms. The van der Waals surface area contributed by atoms with Gasteiger partial charge in [0.05, 0.1) is 0 Å². The van der Waals surface area contributed by atoms with E-state index in [1.165, 1.54) is 0 Å². The standard InChI is InChI=1S/C16H13NO2/c1-17-16(18)19-15-13-8-4-2-6-11(13)10-12-7-3-5-9-14(12)15/h2-10H,1H3,(H,17,18). The first-order valence-electron chi connectivity index (χ1n) is 6.09. The third kappa shape index (κ3) is 1.99. The summed E-state index contributed by atoms with van der Waals surface area (Å²) in [5, 5.41) is 6.46. The third-order valence-corrected chi connectivity index (χ3v) is 3.12. The molecule has 3 nitrogen and oxygen atoms in total. The van der Waals surface area contributed by atoms with Crippen LogP contribution in [-0.2, 0) is 0 Å². The second-order valence-corrected chi connectivity index (χ2v) is 4.29. The van der Waals surface area contributed by atoms with Crippen molar-refractivity contribution in [2.75, 3.05) is 7.05 Å². The Bertz CT molecular complexity index is 711. The minimum absolute atomic E-state index is 0.457. The quantitative estimate of drug-likeness (QED) is 0.669. The molecule has 0 heterocycles. The van der Waals surface area contributed by atoms with Crippen LogP contribution in [0.2, 0.25) is 0 Å². The van der Waals surface area contributed by atoms with Crippen LogP contribution in [0.4, 0.5) is 4.79 Å². The minimum Gasteiger partial charge on any atom is -0.409 e. The highest BCUT2D eigenvalue weighted by Gasteiger charge is 2.11. The van der Waals surface area contributed by atoms with Crippen LogP contribution in [0.15, 0.2) is 54.6 Å². The molecule has 1 amide bonds. The highest BCUT2D eigenvalue weighted by molar-refractivity contribution is 6.06. The first kappa shape index (κ1) is 11.5. The molecule has 0 aliphatic rings. The van der Waals surface area contributed by atoms with Gasteiger partial charge in [-0.1, -0.05) is 48.5 Å². The molecule has 1 N–H and O–H groups in total. The Labute approximate surface area is 110 Å². The largest absolute Gasteiger partial charge is 0.412 e. The molecule has 0 aromatic heterocycles. The van der Waals surface area contributed by atoms with E-state index >= 15 is 0 Å². The summed E-state index contributed by atoms with van der Waals surface area (Å²) in [7, 11) is 1.55. The van der Waals surface area contributed by atoms with Crippen molar-refractivity contribution < 1.29 is 9.53 Å². The van der Waals surface area contributed by atoms with Crippen LogP contribution in [0.5, 0.6) is 5.75 Å². The maximum absolute atomic E-state index is 11.5. The van der Waals surface area contributed by atoms with E-state index in [0.29, 0.717) is 5.75 Å². The van der Waals surface area contributed by atoms with Crippen molar-refractivity contribution in [2.24, 2.45) is 0 Å². The van der Waals surface area contributed by atoms with E-state index in [-0.39, 0.29) is 0 Å². The average molecular weight is 251 g/mol. The second-order valence-electron chi connectivity index (χ2n) is 4.29. The molecule has 0 bridgehead atoms. The lowest BCUT2D eigenvalue weighted by Gasteiger charge is -2.11. The number of hydrogen-bond acceptors (Lipinski definition) is 2. The molecule has 0 atom stereocenters.